The minimum absolute atomic E-state index is 0.292. The minimum Gasteiger partial charge on any atom is -0.508 e. The molecule has 5 heteroatoms. The number of aryl methyl sites for hydroxylation is 2. The SMILES string of the molecule is CCc1nn(C)c(NCCc2ccc(O)cc2)c1N. The van der Waals surface area contributed by atoms with E-state index in [1.165, 1.54) is 5.56 Å². The highest BCUT2D eigenvalue weighted by Gasteiger charge is 2.10. The molecule has 0 atom stereocenters. The van der Waals surface area contributed by atoms with Gasteiger partial charge in [0.1, 0.15) is 11.6 Å². The second-order valence-electron chi connectivity index (χ2n) is 4.53. The molecule has 0 bridgehead atoms. The second kappa shape index (κ2) is 5.65. The predicted octanol–water partition coefficient (Wildman–Crippen LogP) is 1.92. The van der Waals surface area contributed by atoms with Crippen LogP contribution in [0.4, 0.5) is 11.5 Å². The van der Waals surface area contributed by atoms with E-state index in [1.54, 1.807) is 16.8 Å². The largest absolute Gasteiger partial charge is 0.508 e. The maximum atomic E-state index is 9.22. The van der Waals surface area contributed by atoms with Gasteiger partial charge in [0.15, 0.2) is 0 Å². The quantitative estimate of drug-likeness (QED) is 0.767. The van der Waals surface area contributed by atoms with E-state index in [9.17, 15) is 5.11 Å². The van der Waals surface area contributed by atoms with Crippen molar-refractivity contribution in [3.8, 4) is 5.75 Å². The summed E-state index contributed by atoms with van der Waals surface area (Å²) in [5, 5.41) is 16.9. The zero-order chi connectivity index (χ0) is 13.8. The predicted molar refractivity (Wildman–Crippen MR) is 77.3 cm³/mol. The Labute approximate surface area is 113 Å². The zero-order valence-electron chi connectivity index (χ0n) is 11.3. The van der Waals surface area contributed by atoms with Gasteiger partial charge in [0, 0.05) is 13.6 Å². The third kappa shape index (κ3) is 2.99. The van der Waals surface area contributed by atoms with E-state index in [4.69, 9.17) is 5.73 Å². The van der Waals surface area contributed by atoms with Crippen LogP contribution in [0, 0.1) is 0 Å². The van der Waals surface area contributed by atoms with Crippen molar-refractivity contribution in [2.24, 2.45) is 7.05 Å². The summed E-state index contributed by atoms with van der Waals surface area (Å²) in [6.45, 7) is 2.82. The molecule has 5 nitrogen and oxygen atoms in total. The van der Waals surface area contributed by atoms with Crippen molar-refractivity contribution >= 4 is 11.5 Å². The van der Waals surface area contributed by atoms with Crippen LogP contribution in [0.25, 0.3) is 0 Å². The number of nitrogens with one attached hydrogen (secondary N) is 1. The molecule has 0 radical (unpaired) electrons. The number of nitrogens with zero attached hydrogens (tertiary/aromatic N) is 2. The van der Waals surface area contributed by atoms with Crippen LogP contribution in [0.3, 0.4) is 0 Å². The van der Waals surface area contributed by atoms with Crippen molar-refractivity contribution in [3.63, 3.8) is 0 Å². The summed E-state index contributed by atoms with van der Waals surface area (Å²) >= 11 is 0. The Morgan fingerprint density at radius 1 is 1.32 bits per heavy atom. The highest BCUT2D eigenvalue weighted by molar-refractivity contribution is 5.65. The molecular formula is C14H20N4O. The Kier molecular flexibility index (Phi) is 3.94. The van der Waals surface area contributed by atoms with Crippen LogP contribution < -0.4 is 11.1 Å². The number of phenolic OH excluding ortho intramolecular Hbond substituents is 1. The number of hydrogen-bond donors (Lipinski definition) is 3. The summed E-state index contributed by atoms with van der Waals surface area (Å²) in [6, 6.07) is 7.23. The minimum atomic E-state index is 0.292. The Hall–Kier alpha value is -2.17. The number of phenols is 1. The van der Waals surface area contributed by atoms with E-state index in [-0.39, 0.29) is 0 Å². The standard InChI is InChI=1S/C14H20N4O/c1-3-12-13(15)14(18(2)17-12)16-9-8-10-4-6-11(19)7-5-10/h4-7,16,19H,3,8-9,15H2,1-2H3. The smallest absolute Gasteiger partial charge is 0.147 e. The molecule has 0 aliphatic carbocycles. The fourth-order valence-corrected chi connectivity index (χ4v) is 2.05. The summed E-state index contributed by atoms with van der Waals surface area (Å²) < 4.78 is 1.78. The summed E-state index contributed by atoms with van der Waals surface area (Å²) in [5.74, 6) is 1.16. The van der Waals surface area contributed by atoms with Gasteiger partial charge in [-0.25, -0.2) is 0 Å². The lowest BCUT2D eigenvalue weighted by atomic mass is 10.1. The molecule has 0 saturated carbocycles. The van der Waals surface area contributed by atoms with E-state index >= 15 is 0 Å². The van der Waals surface area contributed by atoms with Crippen LogP contribution in [0.5, 0.6) is 5.75 Å². The molecule has 0 aliphatic heterocycles. The number of benzene rings is 1. The van der Waals surface area contributed by atoms with E-state index in [0.29, 0.717) is 5.75 Å². The third-order valence-corrected chi connectivity index (χ3v) is 3.14. The van der Waals surface area contributed by atoms with Gasteiger partial charge >= 0.3 is 0 Å². The number of nitrogen functional groups attached to an aromatic ring is 1. The van der Waals surface area contributed by atoms with Crippen molar-refractivity contribution in [3.05, 3.63) is 35.5 Å². The van der Waals surface area contributed by atoms with E-state index in [2.05, 4.69) is 10.4 Å². The number of rotatable bonds is 5. The maximum absolute atomic E-state index is 9.22. The first-order chi connectivity index (χ1) is 9.11. The molecule has 0 aliphatic rings. The highest BCUT2D eigenvalue weighted by atomic mass is 16.3. The molecule has 102 valence electrons. The Balaban J connectivity index is 1.96. The Bertz CT molecular complexity index is 545. The monoisotopic (exact) mass is 260 g/mol. The van der Waals surface area contributed by atoms with E-state index in [1.807, 2.05) is 26.1 Å². The number of hydrogen-bond acceptors (Lipinski definition) is 4. The molecule has 1 aromatic carbocycles. The van der Waals surface area contributed by atoms with Gasteiger partial charge in [0.05, 0.1) is 11.4 Å². The van der Waals surface area contributed by atoms with Crippen LogP contribution in [-0.4, -0.2) is 21.4 Å². The number of anilines is 2. The van der Waals surface area contributed by atoms with Crippen LogP contribution in [0.2, 0.25) is 0 Å². The molecule has 0 spiro atoms. The maximum Gasteiger partial charge on any atom is 0.147 e. The summed E-state index contributed by atoms with van der Waals surface area (Å²) in [6.07, 6.45) is 1.70. The molecule has 0 fully saturated rings. The van der Waals surface area contributed by atoms with E-state index in [0.717, 1.165) is 36.6 Å². The van der Waals surface area contributed by atoms with Gasteiger partial charge in [-0.3, -0.25) is 4.68 Å². The van der Waals surface area contributed by atoms with Gasteiger partial charge in [-0.1, -0.05) is 19.1 Å². The van der Waals surface area contributed by atoms with Gasteiger partial charge in [0.2, 0.25) is 0 Å². The van der Waals surface area contributed by atoms with Gasteiger partial charge in [-0.05, 0) is 30.5 Å². The summed E-state index contributed by atoms with van der Waals surface area (Å²) in [5.41, 5.74) is 8.86. The highest BCUT2D eigenvalue weighted by Crippen LogP contribution is 2.22. The third-order valence-electron chi connectivity index (χ3n) is 3.14. The molecular weight excluding hydrogens is 240 g/mol. The molecule has 0 saturated heterocycles. The molecule has 1 heterocycles. The lowest BCUT2D eigenvalue weighted by Gasteiger charge is -2.08. The zero-order valence-corrected chi connectivity index (χ0v) is 11.3. The number of nitrogens with two attached hydrogens (primary N) is 1. The Morgan fingerprint density at radius 3 is 2.58 bits per heavy atom. The molecule has 2 aromatic rings. The molecule has 0 amide bonds. The molecule has 19 heavy (non-hydrogen) atoms. The van der Waals surface area contributed by atoms with Crippen molar-refractivity contribution in [2.45, 2.75) is 19.8 Å². The lowest BCUT2D eigenvalue weighted by molar-refractivity contribution is 0.475. The van der Waals surface area contributed by atoms with Crippen LogP contribution in [0.15, 0.2) is 24.3 Å². The molecule has 4 N–H and O–H groups in total. The van der Waals surface area contributed by atoms with Crippen molar-refractivity contribution in [1.82, 2.24) is 9.78 Å². The average molecular weight is 260 g/mol. The topological polar surface area (TPSA) is 76.1 Å². The van der Waals surface area contributed by atoms with E-state index < -0.39 is 0 Å². The normalized spacial score (nSPS) is 10.6. The van der Waals surface area contributed by atoms with Crippen molar-refractivity contribution in [2.75, 3.05) is 17.6 Å². The first-order valence-electron chi connectivity index (χ1n) is 6.45. The molecule has 2 rings (SSSR count). The molecule has 0 unspecified atom stereocenters. The number of aromatic hydroxyl groups is 1. The summed E-state index contributed by atoms with van der Waals surface area (Å²) in [7, 11) is 1.89. The van der Waals surface area contributed by atoms with Crippen molar-refractivity contribution < 1.29 is 5.11 Å². The van der Waals surface area contributed by atoms with Gasteiger partial charge in [-0.15, -0.1) is 0 Å². The fourth-order valence-electron chi connectivity index (χ4n) is 2.05. The lowest BCUT2D eigenvalue weighted by Crippen LogP contribution is -2.09. The average Bonchev–Trinajstić information content (AvgIpc) is 2.68. The Morgan fingerprint density at radius 2 is 2.00 bits per heavy atom. The first-order valence-corrected chi connectivity index (χ1v) is 6.45. The first kappa shape index (κ1) is 13.3. The van der Waals surface area contributed by atoms with Gasteiger partial charge in [-0.2, -0.15) is 5.10 Å². The van der Waals surface area contributed by atoms with Crippen LogP contribution in [0.1, 0.15) is 18.2 Å². The van der Waals surface area contributed by atoms with Crippen LogP contribution in [-0.2, 0) is 19.9 Å². The second-order valence-corrected chi connectivity index (χ2v) is 4.53. The number of aromatic nitrogens is 2. The van der Waals surface area contributed by atoms with Crippen LogP contribution >= 0.6 is 0 Å². The molecule has 1 aromatic heterocycles. The van der Waals surface area contributed by atoms with Gasteiger partial charge < -0.3 is 16.2 Å². The van der Waals surface area contributed by atoms with Gasteiger partial charge in [0.25, 0.3) is 0 Å². The fraction of sp³-hybridized carbons (Fsp3) is 0.357. The van der Waals surface area contributed by atoms with Crippen molar-refractivity contribution in [1.29, 1.82) is 0 Å². The summed E-state index contributed by atoms with van der Waals surface area (Å²) in [4.78, 5) is 0.